The fourth-order valence-electron chi connectivity index (χ4n) is 10.4. The molecule has 0 saturated heterocycles. The van der Waals surface area contributed by atoms with Crippen molar-refractivity contribution < 1.29 is 20.1 Å². The van der Waals surface area contributed by atoms with E-state index in [0.29, 0.717) is 12.8 Å². The van der Waals surface area contributed by atoms with E-state index < -0.39 is 18.2 Å². The van der Waals surface area contributed by atoms with Gasteiger partial charge in [0.25, 0.3) is 0 Å². The van der Waals surface area contributed by atoms with Crippen LogP contribution in [0.5, 0.6) is 0 Å². The van der Waals surface area contributed by atoms with Gasteiger partial charge in [0.15, 0.2) is 0 Å². The Labute approximate surface area is 451 Å². The van der Waals surface area contributed by atoms with Gasteiger partial charge >= 0.3 is 0 Å². The predicted octanol–water partition coefficient (Wildman–Crippen LogP) is 21.0. The van der Waals surface area contributed by atoms with Crippen molar-refractivity contribution in [1.82, 2.24) is 5.32 Å². The van der Waals surface area contributed by atoms with E-state index in [1.807, 2.05) is 0 Å². The summed E-state index contributed by atoms with van der Waals surface area (Å²) in [6, 6.07) is -0.833. The largest absolute Gasteiger partial charge is 0.394 e. The molecule has 0 aliphatic heterocycles. The van der Waals surface area contributed by atoms with Crippen molar-refractivity contribution in [2.75, 3.05) is 6.61 Å². The third-order valence-electron chi connectivity index (χ3n) is 15.4. The summed E-state index contributed by atoms with van der Waals surface area (Å²) < 4.78 is 0. The number of carbonyl (C=O) groups excluding carboxylic acids is 1. The van der Waals surface area contributed by atoms with E-state index in [2.05, 4.69) is 55.6 Å². The monoisotopic (exact) mass is 1010 g/mol. The number of unbranched alkanes of at least 4 members (excludes halogenated alkanes) is 47. The highest BCUT2D eigenvalue weighted by atomic mass is 16.3. The van der Waals surface area contributed by atoms with Crippen LogP contribution in [-0.2, 0) is 4.79 Å². The Morgan fingerprint density at radius 2 is 0.569 bits per heavy atom. The predicted molar refractivity (Wildman–Crippen MR) is 319 cm³/mol. The van der Waals surface area contributed by atoms with E-state index in [1.54, 1.807) is 0 Å². The molecular formula is C67H129NO4. The summed E-state index contributed by atoms with van der Waals surface area (Å²) in [4.78, 5) is 12.5. The lowest BCUT2D eigenvalue weighted by atomic mass is 10.0. The number of carbonyl (C=O) groups is 1. The van der Waals surface area contributed by atoms with Crippen LogP contribution in [0.25, 0.3) is 0 Å². The maximum absolute atomic E-state index is 12.5. The number of aliphatic hydroxyl groups is 3. The minimum atomic E-state index is -1.17. The van der Waals surface area contributed by atoms with Crippen LogP contribution in [-0.4, -0.2) is 46.1 Å². The Morgan fingerprint density at radius 1 is 0.333 bits per heavy atom. The second kappa shape index (κ2) is 62.1. The van der Waals surface area contributed by atoms with Crippen molar-refractivity contribution >= 4 is 5.91 Å². The van der Waals surface area contributed by atoms with E-state index in [-0.39, 0.29) is 12.5 Å². The van der Waals surface area contributed by atoms with Gasteiger partial charge in [-0.05, 0) is 77.0 Å². The zero-order valence-electron chi connectivity index (χ0n) is 48.8. The van der Waals surface area contributed by atoms with Crippen molar-refractivity contribution in [2.24, 2.45) is 0 Å². The van der Waals surface area contributed by atoms with Gasteiger partial charge in [-0.25, -0.2) is 0 Å². The van der Waals surface area contributed by atoms with Crippen LogP contribution < -0.4 is 5.32 Å². The maximum Gasteiger partial charge on any atom is 0.220 e. The first-order valence-corrected chi connectivity index (χ1v) is 32.8. The molecule has 4 N–H and O–H groups in total. The van der Waals surface area contributed by atoms with Crippen molar-refractivity contribution in [2.45, 2.75) is 379 Å². The van der Waals surface area contributed by atoms with E-state index in [1.165, 1.54) is 289 Å². The third kappa shape index (κ3) is 56.3. The normalized spacial score (nSPS) is 13.3. The molecule has 0 aromatic carbocycles. The number of aliphatic hydroxyl groups excluding tert-OH is 3. The molecule has 0 aromatic heterocycles. The van der Waals surface area contributed by atoms with Crippen molar-refractivity contribution in [3.8, 4) is 0 Å². The van der Waals surface area contributed by atoms with Crippen molar-refractivity contribution in [1.29, 1.82) is 0 Å². The number of amides is 1. The highest BCUT2D eigenvalue weighted by Crippen LogP contribution is 2.18. The van der Waals surface area contributed by atoms with Gasteiger partial charge in [0.2, 0.25) is 5.91 Å². The zero-order valence-corrected chi connectivity index (χ0v) is 48.8. The van der Waals surface area contributed by atoms with E-state index in [9.17, 15) is 20.1 Å². The molecule has 426 valence electrons. The van der Waals surface area contributed by atoms with Crippen LogP contribution in [0.15, 0.2) is 36.5 Å². The number of rotatable bonds is 61. The average molecular weight is 1010 g/mol. The molecule has 0 heterocycles. The van der Waals surface area contributed by atoms with Crippen LogP contribution in [0.1, 0.15) is 361 Å². The molecule has 72 heavy (non-hydrogen) atoms. The number of nitrogens with one attached hydrogen (secondary N) is 1. The summed E-state index contributed by atoms with van der Waals surface area (Å²) in [5.74, 6) is -0.153. The summed E-state index contributed by atoms with van der Waals surface area (Å²) in [6.07, 6.45) is 82.1. The molecule has 0 aliphatic rings. The standard InChI is InChI=1S/C67H129NO4/c1-3-5-7-9-11-13-15-17-19-21-23-24-25-26-27-28-29-30-31-32-33-34-35-36-37-38-39-40-41-42-44-46-48-50-52-54-56-58-60-62-66(71)68-64(63-69)67(72)65(70)61-59-57-55-53-51-49-47-45-43-22-20-18-16-14-12-10-8-6-4-2/h32-33,45,47,53,55,64-65,67,69-70,72H,3-31,34-44,46,48-52,54,56-63H2,1-2H3,(H,68,71)/b33-32-,47-45+,55-53+. The molecule has 1 amide bonds. The smallest absolute Gasteiger partial charge is 0.220 e. The number of hydrogen-bond donors (Lipinski definition) is 4. The lowest BCUT2D eigenvalue weighted by Crippen LogP contribution is -2.50. The van der Waals surface area contributed by atoms with Crippen LogP contribution in [0, 0.1) is 0 Å². The lowest BCUT2D eigenvalue weighted by molar-refractivity contribution is -0.124. The van der Waals surface area contributed by atoms with Crippen LogP contribution >= 0.6 is 0 Å². The Hall–Kier alpha value is -1.43. The van der Waals surface area contributed by atoms with Gasteiger partial charge in [-0.1, -0.05) is 314 Å². The summed E-state index contributed by atoms with van der Waals surface area (Å²) >= 11 is 0. The molecule has 0 aromatic rings. The van der Waals surface area contributed by atoms with Gasteiger partial charge in [0.1, 0.15) is 6.10 Å². The van der Waals surface area contributed by atoms with Gasteiger partial charge in [0.05, 0.1) is 18.8 Å². The summed E-state index contributed by atoms with van der Waals surface area (Å²) in [7, 11) is 0. The fourth-order valence-corrected chi connectivity index (χ4v) is 10.4. The van der Waals surface area contributed by atoms with E-state index >= 15 is 0 Å². The van der Waals surface area contributed by atoms with Gasteiger partial charge in [-0.3, -0.25) is 4.79 Å². The summed E-state index contributed by atoms with van der Waals surface area (Å²) in [5.41, 5.74) is 0. The molecule has 0 fully saturated rings. The molecule has 3 unspecified atom stereocenters. The molecule has 5 heteroatoms. The Kier molecular flexibility index (Phi) is 60.9. The Balaban J connectivity index is 3.47. The van der Waals surface area contributed by atoms with Gasteiger partial charge in [-0.15, -0.1) is 0 Å². The highest BCUT2D eigenvalue weighted by Gasteiger charge is 2.26. The van der Waals surface area contributed by atoms with Crippen LogP contribution in [0.4, 0.5) is 0 Å². The van der Waals surface area contributed by atoms with Gasteiger partial charge in [0, 0.05) is 6.42 Å². The quantitative estimate of drug-likeness (QED) is 0.0361. The van der Waals surface area contributed by atoms with Gasteiger partial charge in [-0.2, -0.15) is 0 Å². The first kappa shape index (κ1) is 70.6. The molecular weight excluding hydrogens is 883 g/mol. The van der Waals surface area contributed by atoms with E-state index in [4.69, 9.17) is 0 Å². The zero-order chi connectivity index (χ0) is 52.2. The van der Waals surface area contributed by atoms with Crippen LogP contribution in [0.3, 0.4) is 0 Å². The highest BCUT2D eigenvalue weighted by molar-refractivity contribution is 5.76. The minimum absolute atomic E-state index is 0.153. The Bertz CT molecular complexity index is 1120. The van der Waals surface area contributed by atoms with Crippen LogP contribution in [0.2, 0.25) is 0 Å². The molecule has 0 radical (unpaired) electrons. The molecule has 0 bridgehead atoms. The number of hydrogen-bond acceptors (Lipinski definition) is 4. The Morgan fingerprint density at radius 3 is 0.847 bits per heavy atom. The second-order valence-electron chi connectivity index (χ2n) is 22.7. The average Bonchev–Trinajstić information content (AvgIpc) is 3.39. The van der Waals surface area contributed by atoms with Crippen molar-refractivity contribution in [3.05, 3.63) is 36.5 Å². The number of allylic oxidation sites excluding steroid dienone is 6. The fraction of sp³-hybridized carbons (Fsp3) is 0.896. The SMILES string of the molecule is CCCCCCCCCCCC/C=C/CC/C=C/CCCC(O)C(O)C(CO)NC(=O)CCCCCCCCCCCCCCCCCCC/C=C\CCCCCCCCCCCCCCCCCCCC. The lowest BCUT2D eigenvalue weighted by Gasteiger charge is -2.26. The molecule has 0 saturated carbocycles. The summed E-state index contributed by atoms with van der Waals surface area (Å²) in [5, 5.41) is 33.8. The first-order valence-electron chi connectivity index (χ1n) is 32.8. The van der Waals surface area contributed by atoms with Crippen molar-refractivity contribution in [3.63, 3.8) is 0 Å². The minimum Gasteiger partial charge on any atom is -0.394 e. The first-order chi connectivity index (χ1) is 35.6. The summed E-state index contributed by atoms with van der Waals surface area (Å²) in [6.45, 7) is 4.20. The van der Waals surface area contributed by atoms with E-state index in [0.717, 1.165) is 44.9 Å². The molecule has 3 atom stereocenters. The molecule has 0 rings (SSSR count). The molecule has 0 spiro atoms. The second-order valence-corrected chi connectivity index (χ2v) is 22.7. The molecule has 5 nitrogen and oxygen atoms in total. The maximum atomic E-state index is 12.5. The molecule has 0 aliphatic carbocycles. The van der Waals surface area contributed by atoms with Gasteiger partial charge < -0.3 is 20.6 Å². The third-order valence-corrected chi connectivity index (χ3v) is 15.4. The topological polar surface area (TPSA) is 89.8 Å².